The van der Waals surface area contributed by atoms with Crippen molar-refractivity contribution in [1.29, 1.82) is 0 Å². The summed E-state index contributed by atoms with van der Waals surface area (Å²) < 4.78 is 5.14. The molecular weight excluding hydrogens is 320 g/mol. The standard InChI is InChI=1S/C19H16N2O4/c1-2-13-8-10-14(11-9-13)21-18(23)16(17(22)20-19(21)24)7-3-5-15-6-4-12-25-15/h3-12H,2H2,1H3,(H,20,22,24)/b5-3+,16-7-. The molecule has 1 N–H and O–H groups in total. The van der Waals surface area contributed by atoms with E-state index in [1.807, 2.05) is 19.1 Å². The molecule has 0 unspecified atom stereocenters. The van der Waals surface area contributed by atoms with Gasteiger partial charge in [0.15, 0.2) is 0 Å². The number of barbiturate groups is 1. The zero-order valence-corrected chi connectivity index (χ0v) is 13.6. The fourth-order valence-corrected chi connectivity index (χ4v) is 2.42. The second-order valence-electron chi connectivity index (χ2n) is 5.37. The SMILES string of the molecule is CCc1ccc(N2C(=O)NC(=O)/C(=C/C=C/c3ccco3)C2=O)cc1. The molecule has 4 amide bonds. The van der Waals surface area contributed by atoms with E-state index >= 15 is 0 Å². The molecule has 0 saturated carbocycles. The van der Waals surface area contributed by atoms with Gasteiger partial charge in [-0.2, -0.15) is 0 Å². The van der Waals surface area contributed by atoms with Crippen LogP contribution >= 0.6 is 0 Å². The van der Waals surface area contributed by atoms with Crippen molar-refractivity contribution < 1.29 is 18.8 Å². The van der Waals surface area contributed by atoms with Crippen LogP contribution in [0.5, 0.6) is 0 Å². The lowest BCUT2D eigenvalue weighted by molar-refractivity contribution is -0.122. The average Bonchev–Trinajstić information content (AvgIpc) is 3.11. The van der Waals surface area contributed by atoms with E-state index in [1.54, 1.807) is 30.3 Å². The van der Waals surface area contributed by atoms with Crippen molar-refractivity contribution in [3.8, 4) is 0 Å². The smallest absolute Gasteiger partial charge is 0.335 e. The lowest BCUT2D eigenvalue weighted by atomic mass is 10.1. The quantitative estimate of drug-likeness (QED) is 0.687. The molecule has 1 aliphatic heterocycles. The zero-order valence-electron chi connectivity index (χ0n) is 13.6. The van der Waals surface area contributed by atoms with Gasteiger partial charge >= 0.3 is 6.03 Å². The van der Waals surface area contributed by atoms with Crippen molar-refractivity contribution in [2.75, 3.05) is 4.90 Å². The van der Waals surface area contributed by atoms with Gasteiger partial charge in [0.25, 0.3) is 11.8 Å². The lowest BCUT2D eigenvalue weighted by Gasteiger charge is -2.26. The monoisotopic (exact) mass is 336 g/mol. The number of nitrogens with zero attached hydrogens (tertiary/aromatic N) is 1. The van der Waals surface area contributed by atoms with Crippen molar-refractivity contribution in [2.45, 2.75) is 13.3 Å². The van der Waals surface area contributed by atoms with Crippen LogP contribution in [0, 0.1) is 0 Å². The van der Waals surface area contributed by atoms with E-state index in [4.69, 9.17) is 4.42 Å². The van der Waals surface area contributed by atoms with E-state index in [9.17, 15) is 14.4 Å². The maximum atomic E-state index is 12.6. The summed E-state index contributed by atoms with van der Waals surface area (Å²) in [6.45, 7) is 2.01. The lowest BCUT2D eigenvalue weighted by Crippen LogP contribution is -2.54. The third kappa shape index (κ3) is 3.42. The first kappa shape index (κ1) is 16.4. The Bertz CT molecular complexity index is 861. The van der Waals surface area contributed by atoms with Crippen LogP contribution < -0.4 is 10.2 Å². The van der Waals surface area contributed by atoms with Gasteiger partial charge in [0.2, 0.25) is 0 Å². The Balaban J connectivity index is 1.88. The third-order valence-corrected chi connectivity index (χ3v) is 3.77. The molecule has 6 nitrogen and oxygen atoms in total. The van der Waals surface area contributed by atoms with E-state index in [0.29, 0.717) is 11.4 Å². The molecule has 1 fully saturated rings. The Morgan fingerprint density at radius 3 is 2.52 bits per heavy atom. The van der Waals surface area contributed by atoms with Crippen molar-refractivity contribution >= 4 is 29.6 Å². The first-order valence-electron chi connectivity index (χ1n) is 7.80. The topological polar surface area (TPSA) is 79.6 Å². The molecule has 0 atom stereocenters. The summed E-state index contributed by atoms with van der Waals surface area (Å²) in [5, 5.41) is 2.18. The predicted octanol–water partition coefficient (Wildman–Crippen LogP) is 3.06. The number of carbonyl (C=O) groups excluding carboxylic acids is 3. The zero-order chi connectivity index (χ0) is 17.8. The van der Waals surface area contributed by atoms with Crippen LogP contribution in [-0.2, 0) is 16.0 Å². The van der Waals surface area contributed by atoms with E-state index in [-0.39, 0.29) is 5.57 Å². The molecule has 1 aliphatic rings. The Kier molecular flexibility index (Phi) is 4.61. The number of amides is 4. The maximum Gasteiger partial charge on any atom is 0.335 e. The summed E-state index contributed by atoms with van der Waals surface area (Å²) in [6, 6.07) is 9.75. The van der Waals surface area contributed by atoms with Crippen molar-refractivity contribution in [1.82, 2.24) is 5.32 Å². The first-order chi connectivity index (χ1) is 12.1. The molecule has 2 heterocycles. The summed E-state index contributed by atoms with van der Waals surface area (Å²) >= 11 is 0. The number of furan rings is 1. The van der Waals surface area contributed by atoms with Crippen molar-refractivity contribution in [2.24, 2.45) is 0 Å². The largest absolute Gasteiger partial charge is 0.465 e. The molecule has 0 spiro atoms. The van der Waals surface area contributed by atoms with Gasteiger partial charge in [0, 0.05) is 0 Å². The Morgan fingerprint density at radius 1 is 1.12 bits per heavy atom. The molecule has 126 valence electrons. The van der Waals surface area contributed by atoms with E-state index < -0.39 is 17.8 Å². The maximum absolute atomic E-state index is 12.6. The van der Waals surface area contributed by atoms with Crippen LogP contribution in [0.25, 0.3) is 6.08 Å². The summed E-state index contributed by atoms with van der Waals surface area (Å²) in [4.78, 5) is 37.6. The van der Waals surface area contributed by atoms with E-state index in [0.717, 1.165) is 16.9 Å². The highest BCUT2D eigenvalue weighted by Crippen LogP contribution is 2.21. The van der Waals surface area contributed by atoms with Crippen LogP contribution in [0.15, 0.2) is 64.8 Å². The molecule has 3 rings (SSSR count). The highest BCUT2D eigenvalue weighted by atomic mass is 16.3. The number of hydrogen-bond donors (Lipinski definition) is 1. The number of imide groups is 2. The van der Waals surface area contributed by atoms with Crippen LogP contribution in [0.2, 0.25) is 0 Å². The van der Waals surface area contributed by atoms with Gasteiger partial charge in [-0.1, -0.05) is 25.1 Å². The molecule has 1 aromatic carbocycles. The fraction of sp³-hybridized carbons (Fsp3) is 0.105. The van der Waals surface area contributed by atoms with Crippen molar-refractivity contribution in [3.63, 3.8) is 0 Å². The second-order valence-corrected chi connectivity index (χ2v) is 5.37. The summed E-state index contributed by atoms with van der Waals surface area (Å²) in [5.74, 6) is -0.800. The normalized spacial score (nSPS) is 16.8. The van der Waals surface area contributed by atoms with Gasteiger partial charge in [-0.05, 0) is 48.4 Å². The van der Waals surface area contributed by atoms with E-state index in [1.165, 1.54) is 18.4 Å². The molecule has 2 aromatic rings. The molecule has 1 saturated heterocycles. The van der Waals surface area contributed by atoms with Crippen LogP contribution in [0.3, 0.4) is 0 Å². The molecule has 0 bridgehead atoms. The van der Waals surface area contributed by atoms with Gasteiger partial charge < -0.3 is 4.42 Å². The Morgan fingerprint density at radius 2 is 1.88 bits per heavy atom. The molecule has 0 radical (unpaired) electrons. The highest BCUT2D eigenvalue weighted by molar-refractivity contribution is 6.37. The Labute approximate surface area is 144 Å². The molecule has 0 aliphatic carbocycles. The number of anilines is 1. The summed E-state index contributed by atoms with van der Waals surface area (Å²) in [7, 11) is 0. The third-order valence-electron chi connectivity index (χ3n) is 3.77. The number of carbonyl (C=O) groups is 3. The van der Waals surface area contributed by atoms with Gasteiger partial charge in [-0.25, -0.2) is 9.69 Å². The summed E-state index contributed by atoms with van der Waals surface area (Å²) in [6.07, 6.45) is 6.87. The molecule has 6 heteroatoms. The number of urea groups is 1. The van der Waals surface area contributed by atoms with E-state index in [2.05, 4.69) is 5.32 Å². The van der Waals surface area contributed by atoms with Crippen molar-refractivity contribution in [3.05, 3.63) is 71.7 Å². The average molecular weight is 336 g/mol. The molecular formula is C19H16N2O4. The minimum absolute atomic E-state index is 0.123. The number of benzene rings is 1. The minimum Gasteiger partial charge on any atom is -0.465 e. The number of nitrogens with one attached hydrogen (secondary N) is 1. The van der Waals surface area contributed by atoms with Gasteiger partial charge in [0.1, 0.15) is 11.3 Å². The van der Waals surface area contributed by atoms with Crippen LogP contribution in [0.1, 0.15) is 18.2 Å². The molecule has 25 heavy (non-hydrogen) atoms. The summed E-state index contributed by atoms with van der Waals surface area (Å²) in [5.41, 5.74) is 1.37. The minimum atomic E-state index is -0.758. The molecule has 1 aromatic heterocycles. The van der Waals surface area contributed by atoms with Crippen LogP contribution in [-0.4, -0.2) is 17.8 Å². The van der Waals surface area contributed by atoms with Gasteiger partial charge in [0.05, 0.1) is 12.0 Å². The Hall–Kier alpha value is -3.41. The first-order valence-corrected chi connectivity index (χ1v) is 7.80. The fourth-order valence-electron chi connectivity index (χ4n) is 2.42. The highest BCUT2D eigenvalue weighted by Gasteiger charge is 2.36. The van der Waals surface area contributed by atoms with Gasteiger partial charge in [-0.3, -0.25) is 14.9 Å². The van der Waals surface area contributed by atoms with Gasteiger partial charge in [-0.15, -0.1) is 0 Å². The number of allylic oxidation sites excluding steroid dienone is 2. The predicted molar refractivity (Wildman–Crippen MR) is 92.7 cm³/mol. The number of aryl methyl sites for hydroxylation is 1. The second kappa shape index (κ2) is 7.00. The number of rotatable bonds is 4. The van der Waals surface area contributed by atoms with Crippen LogP contribution in [0.4, 0.5) is 10.5 Å². The number of hydrogen-bond acceptors (Lipinski definition) is 4.